The molecular formula is C22H23N5O3. The Balaban J connectivity index is 1.73. The van der Waals surface area contributed by atoms with E-state index in [0.717, 1.165) is 12.0 Å². The van der Waals surface area contributed by atoms with Crippen LogP contribution in [-0.2, 0) is 11.2 Å². The number of aromatic nitrogens is 1. The summed E-state index contributed by atoms with van der Waals surface area (Å²) in [6.07, 6.45) is 2.48. The van der Waals surface area contributed by atoms with Gasteiger partial charge in [0.2, 0.25) is 5.91 Å². The Hall–Kier alpha value is -4.07. The highest BCUT2D eigenvalue weighted by Gasteiger charge is 2.18. The van der Waals surface area contributed by atoms with E-state index in [1.165, 1.54) is 6.92 Å². The number of nitrogens with two attached hydrogens (primary N) is 1. The number of aryl methyl sites for hydroxylation is 1. The number of nitrogens with one attached hydrogen (secondary N) is 4. The topological polar surface area (TPSA) is 129 Å². The molecule has 0 bridgehead atoms. The quantitative estimate of drug-likeness (QED) is 0.426. The number of aromatic amines is 1. The normalized spacial score (nSPS) is 10.3. The van der Waals surface area contributed by atoms with Crippen LogP contribution in [0.25, 0.3) is 11.1 Å². The monoisotopic (exact) mass is 405 g/mol. The number of urea groups is 1. The molecule has 3 rings (SSSR count). The average Bonchev–Trinajstić information content (AvgIpc) is 3.11. The van der Waals surface area contributed by atoms with Crippen molar-refractivity contribution in [1.82, 2.24) is 4.98 Å². The van der Waals surface area contributed by atoms with Crippen molar-refractivity contribution in [2.45, 2.75) is 20.3 Å². The van der Waals surface area contributed by atoms with Gasteiger partial charge in [0, 0.05) is 30.1 Å². The number of amides is 4. The zero-order valence-corrected chi connectivity index (χ0v) is 16.7. The van der Waals surface area contributed by atoms with Gasteiger partial charge in [0.1, 0.15) is 5.82 Å². The van der Waals surface area contributed by atoms with Gasteiger partial charge in [-0.05, 0) is 41.8 Å². The number of rotatable bonds is 6. The molecule has 2 aromatic carbocycles. The van der Waals surface area contributed by atoms with Gasteiger partial charge < -0.3 is 26.7 Å². The third-order valence-corrected chi connectivity index (χ3v) is 4.47. The molecule has 0 unspecified atom stereocenters. The van der Waals surface area contributed by atoms with Gasteiger partial charge in [-0.15, -0.1) is 0 Å². The molecule has 3 aromatic rings. The Kier molecular flexibility index (Phi) is 6.17. The summed E-state index contributed by atoms with van der Waals surface area (Å²) in [6, 6.07) is 14.2. The van der Waals surface area contributed by atoms with Crippen molar-refractivity contribution < 1.29 is 14.4 Å². The molecular weight excluding hydrogens is 382 g/mol. The lowest BCUT2D eigenvalue weighted by Gasteiger charge is -2.10. The van der Waals surface area contributed by atoms with Crippen molar-refractivity contribution >= 4 is 35.0 Å². The van der Waals surface area contributed by atoms with Gasteiger partial charge in [-0.25, -0.2) is 4.79 Å². The molecule has 8 nitrogen and oxygen atoms in total. The van der Waals surface area contributed by atoms with E-state index >= 15 is 0 Å². The summed E-state index contributed by atoms with van der Waals surface area (Å²) in [7, 11) is 0. The fourth-order valence-corrected chi connectivity index (χ4v) is 3.08. The first-order chi connectivity index (χ1) is 14.4. The van der Waals surface area contributed by atoms with Crippen molar-refractivity contribution in [3.05, 3.63) is 65.9 Å². The lowest BCUT2D eigenvalue weighted by molar-refractivity contribution is -0.114. The third-order valence-electron chi connectivity index (χ3n) is 4.47. The van der Waals surface area contributed by atoms with E-state index < -0.39 is 5.91 Å². The summed E-state index contributed by atoms with van der Waals surface area (Å²) in [4.78, 5) is 38.3. The Morgan fingerprint density at radius 1 is 0.967 bits per heavy atom. The summed E-state index contributed by atoms with van der Waals surface area (Å²) in [5, 5.41) is 8.12. The lowest BCUT2D eigenvalue weighted by Crippen LogP contribution is -2.19. The Bertz CT molecular complexity index is 1090. The number of carbonyl (C=O) groups excluding carboxylic acids is 3. The van der Waals surface area contributed by atoms with Gasteiger partial charge in [-0.1, -0.05) is 31.2 Å². The van der Waals surface area contributed by atoms with Crippen LogP contribution in [0.2, 0.25) is 0 Å². The first-order valence-corrected chi connectivity index (χ1v) is 9.43. The summed E-state index contributed by atoms with van der Waals surface area (Å²) in [6.45, 7) is 3.39. The average molecular weight is 405 g/mol. The molecule has 0 spiro atoms. The van der Waals surface area contributed by atoms with Crippen LogP contribution >= 0.6 is 0 Å². The van der Waals surface area contributed by atoms with Gasteiger partial charge in [0.25, 0.3) is 5.91 Å². The molecule has 0 atom stereocenters. The molecule has 30 heavy (non-hydrogen) atoms. The Labute approximate surface area is 173 Å². The maximum atomic E-state index is 12.3. The summed E-state index contributed by atoms with van der Waals surface area (Å²) in [5.41, 5.74) is 9.37. The lowest BCUT2D eigenvalue weighted by atomic mass is 10.0. The van der Waals surface area contributed by atoms with Crippen molar-refractivity contribution in [2.24, 2.45) is 5.73 Å². The van der Waals surface area contributed by atoms with Crippen LogP contribution < -0.4 is 21.7 Å². The predicted molar refractivity (Wildman–Crippen MR) is 118 cm³/mol. The van der Waals surface area contributed by atoms with Crippen LogP contribution in [0.1, 0.15) is 29.8 Å². The molecule has 1 aromatic heterocycles. The Morgan fingerprint density at radius 2 is 1.67 bits per heavy atom. The van der Waals surface area contributed by atoms with Crippen LogP contribution in [0.4, 0.5) is 22.0 Å². The SMILES string of the molecule is CCc1cccc(NC(=O)Nc2ccc(-c3c[nH]c(NC(C)=O)c3C(N)=O)cc2)c1. The van der Waals surface area contributed by atoms with Crippen molar-refractivity contribution in [1.29, 1.82) is 0 Å². The molecule has 0 fully saturated rings. The molecule has 0 radical (unpaired) electrons. The van der Waals surface area contributed by atoms with Crippen LogP contribution in [0, 0.1) is 0 Å². The maximum absolute atomic E-state index is 12.3. The van der Waals surface area contributed by atoms with Gasteiger partial charge >= 0.3 is 6.03 Å². The van der Waals surface area contributed by atoms with Crippen molar-refractivity contribution in [2.75, 3.05) is 16.0 Å². The number of primary amides is 1. The van der Waals surface area contributed by atoms with E-state index in [-0.39, 0.29) is 23.3 Å². The minimum atomic E-state index is -0.661. The van der Waals surface area contributed by atoms with Crippen LogP contribution in [0.5, 0.6) is 0 Å². The third kappa shape index (κ3) is 4.85. The fourth-order valence-electron chi connectivity index (χ4n) is 3.08. The maximum Gasteiger partial charge on any atom is 0.323 e. The van der Waals surface area contributed by atoms with Crippen LogP contribution in [0.15, 0.2) is 54.7 Å². The molecule has 0 aliphatic heterocycles. The molecule has 0 saturated carbocycles. The van der Waals surface area contributed by atoms with E-state index in [1.54, 1.807) is 30.5 Å². The first kappa shape index (κ1) is 20.7. The number of hydrogen-bond donors (Lipinski definition) is 5. The minimum Gasteiger partial charge on any atom is -0.365 e. The molecule has 8 heteroatoms. The molecule has 1 heterocycles. The standard InChI is InChI=1S/C22H23N5O3/c1-3-14-5-4-6-17(11-14)27-22(30)26-16-9-7-15(8-10-16)18-12-24-21(25-13(2)28)19(18)20(23)29/h4-12,24H,3H2,1-2H3,(H2,23,29)(H,25,28)(H2,26,27,30). The van der Waals surface area contributed by atoms with Gasteiger partial charge in [-0.3, -0.25) is 9.59 Å². The van der Waals surface area contributed by atoms with Crippen LogP contribution in [0.3, 0.4) is 0 Å². The zero-order chi connectivity index (χ0) is 21.7. The second-order valence-corrected chi connectivity index (χ2v) is 6.71. The molecule has 6 N–H and O–H groups in total. The molecule has 4 amide bonds. The summed E-state index contributed by atoms with van der Waals surface area (Å²) < 4.78 is 0. The first-order valence-electron chi connectivity index (χ1n) is 9.43. The van der Waals surface area contributed by atoms with E-state index in [4.69, 9.17) is 5.73 Å². The number of hydrogen-bond acceptors (Lipinski definition) is 3. The number of H-pyrrole nitrogens is 1. The highest BCUT2D eigenvalue weighted by Crippen LogP contribution is 2.30. The highest BCUT2D eigenvalue weighted by molar-refractivity contribution is 6.07. The number of benzene rings is 2. The van der Waals surface area contributed by atoms with Crippen LogP contribution in [-0.4, -0.2) is 22.8 Å². The smallest absolute Gasteiger partial charge is 0.323 e. The number of carbonyl (C=O) groups is 3. The molecule has 0 aliphatic rings. The minimum absolute atomic E-state index is 0.194. The summed E-state index contributed by atoms with van der Waals surface area (Å²) in [5.74, 6) is -0.729. The molecule has 0 saturated heterocycles. The van der Waals surface area contributed by atoms with Crippen molar-refractivity contribution in [3.8, 4) is 11.1 Å². The zero-order valence-electron chi connectivity index (χ0n) is 16.7. The van der Waals surface area contributed by atoms with Gasteiger partial charge in [-0.2, -0.15) is 0 Å². The van der Waals surface area contributed by atoms with E-state index in [1.807, 2.05) is 31.2 Å². The van der Waals surface area contributed by atoms with Gasteiger partial charge in [0.15, 0.2) is 0 Å². The fraction of sp³-hybridized carbons (Fsp3) is 0.136. The van der Waals surface area contributed by atoms with E-state index in [0.29, 0.717) is 22.5 Å². The van der Waals surface area contributed by atoms with Crippen molar-refractivity contribution in [3.63, 3.8) is 0 Å². The second kappa shape index (κ2) is 8.95. The largest absolute Gasteiger partial charge is 0.365 e. The predicted octanol–water partition coefficient (Wildman–Crippen LogP) is 3.95. The highest BCUT2D eigenvalue weighted by atomic mass is 16.2. The second-order valence-electron chi connectivity index (χ2n) is 6.71. The summed E-state index contributed by atoms with van der Waals surface area (Å²) >= 11 is 0. The molecule has 0 aliphatic carbocycles. The Morgan fingerprint density at radius 3 is 2.30 bits per heavy atom. The van der Waals surface area contributed by atoms with E-state index in [9.17, 15) is 14.4 Å². The number of anilines is 3. The van der Waals surface area contributed by atoms with Gasteiger partial charge in [0.05, 0.1) is 5.56 Å². The molecule has 154 valence electrons. The van der Waals surface area contributed by atoms with E-state index in [2.05, 4.69) is 20.9 Å².